The summed E-state index contributed by atoms with van der Waals surface area (Å²) in [5.41, 5.74) is 3.29. The lowest BCUT2D eigenvalue weighted by Crippen LogP contribution is -2.43. The molecule has 3 heterocycles. The Hall–Kier alpha value is -4.16. The minimum Gasteiger partial charge on any atom is -0.480 e. The topological polar surface area (TPSA) is 265 Å². The Kier molecular flexibility index (Phi) is 26.8. The molecule has 5 rings (SSSR count). The third-order valence-electron chi connectivity index (χ3n) is 8.81. The number of carbonyl (C=O) groups excluding carboxylic acids is 2. The van der Waals surface area contributed by atoms with Gasteiger partial charge in [0.1, 0.15) is 17.4 Å². The quantitative estimate of drug-likeness (QED) is 0.0268. The average Bonchev–Trinajstić information content (AvgIpc) is 3.58. The van der Waals surface area contributed by atoms with Gasteiger partial charge in [-0.2, -0.15) is 15.0 Å². The third-order valence-corrected chi connectivity index (χ3v) is 12.2. The number of carboxylic acid groups (broad SMARTS) is 1. The number of nitrogens with zero attached hydrogens (tertiary/aromatic N) is 7. The number of rotatable bonds is 18. The maximum atomic E-state index is 14.3. The molecule has 0 aliphatic carbocycles. The van der Waals surface area contributed by atoms with Crippen LogP contribution in [0, 0.1) is 12.7 Å². The number of ether oxygens (including phenoxy) is 2. The second-order valence-corrected chi connectivity index (χ2v) is 19.3. The van der Waals surface area contributed by atoms with Gasteiger partial charge in [0.05, 0.1) is 49.1 Å². The molecule has 0 saturated carbocycles. The molecule has 1 unspecified atom stereocenters. The van der Waals surface area contributed by atoms with Crippen LogP contribution in [0.3, 0.4) is 0 Å². The molecule has 2 aromatic heterocycles. The number of methoxy groups -OCH3 is 2. The summed E-state index contributed by atoms with van der Waals surface area (Å²) < 4.78 is 37.5. The molecular weight excluding hydrogens is 1010 g/mol. The summed E-state index contributed by atoms with van der Waals surface area (Å²) in [5, 5.41) is 16.5. The molecule has 378 valence electrons. The number of hydrogen-bond donors (Lipinski definition) is 6. The van der Waals surface area contributed by atoms with E-state index >= 15 is 0 Å². The van der Waals surface area contributed by atoms with E-state index in [2.05, 4.69) is 53.6 Å². The molecule has 68 heavy (non-hydrogen) atoms. The van der Waals surface area contributed by atoms with E-state index in [1.165, 1.54) is 13.2 Å². The van der Waals surface area contributed by atoms with E-state index in [1.807, 2.05) is 46.8 Å². The fourth-order valence-corrected chi connectivity index (χ4v) is 8.65. The highest BCUT2D eigenvalue weighted by molar-refractivity contribution is 8.00. The first kappa shape index (κ1) is 60.0. The summed E-state index contributed by atoms with van der Waals surface area (Å²) in [6, 6.07) is 8.96. The second-order valence-electron chi connectivity index (χ2n) is 14.7. The number of alkyl halides is 1. The van der Waals surface area contributed by atoms with Gasteiger partial charge in [0.2, 0.25) is 27.9 Å². The lowest BCUT2D eigenvalue weighted by molar-refractivity contribution is -0.137. The van der Waals surface area contributed by atoms with Crippen LogP contribution in [0.5, 0.6) is 0 Å². The number of aryl methyl sites for hydroxylation is 2. The maximum absolute atomic E-state index is 14.3. The smallest absolute Gasteiger partial charge is 0.339 e. The Labute approximate surface area is 417 Å². The van der Waals surface area contributed by atoms with Gasteiger partial charge in [-0.25, -0.2) is 14.1 Å². The normalized spacial score (nSPS) is 12.5. The van der Waals surface area contributed by atoms with Crippen LogP contribution in [0.4, 0.5) is 27.7 Å². The number of carboxylic acids is 1. The molecule has 1 aliphatic heterocycles. The van der Waals surface area contributed by atoms with Gasteiger partial charge in [-0.3, -0.25) is 33.7 Å². The Morgan fingerprint density at radius 1 is 1.06 bits per heavy atom. The monoisotopic (exact) mass is 1070 g/mol. The Morgan fingerprint density at radius 2 is 1.72 bits per heavy atom. The van der Waals surface area contributed by atoms with Crippen molar-refractivity contribution in [1.29, 1.82) is 0 Å². The highest BCUT2D eigenvalue weighted by Crippen LogP contribution is 2.34. The number of aliphatic carboxylic acids is 1. The second kappa shape index (κ2) is 30.4. The zero-order chi connectivity index (χ0) is 51.1. The Balaban J connectivity index is 0.000000329. The number of benzene rings is 2. The van der Waals surface area contributed by atoms with Gasteiger partial charge >= 0.3 is 24.4 Å². The molecular formula is C41H59Cl3FN10O10PS2. The molecule has 0 fully saturated rings. The number of carbonyl (C=O) groups is 3. The molecule has 6 N–H and O–H groups in total. The van der Waals surface area contributed by atoms with Crippen LogP contribution < -0.4 is 30.5 Å². The molecule has 27 heteroatoms. The van der Waals surface area contributed by atoms with Crippen LogP contribution >= 0.6 is 65.5 Å². The SMILES string of the molecule is CCNc1nc(Cl)nc(NC(C)C)n1.CCc1cccc(C)c1N(C(=O)CCl)C(C)COC.COC(=O)CSc1cc(N=c2sc(=O)n3n2CCCC3)c(F)cc1Cl.O=C(O)CNCP(=O)(O)O. The number of fused-ring (bicyclic) bond motifs is 1. The average molecular weight is 1070 g/mol. The van der Waals surface area contributed by atoms with Crippen LogP contribution in [0.25, 0.3) is 0 Å². The Morgan fingerprint density at radius 3 is 2.29 bits per heavy atom. The first-order valence-corrected chi connectivity index (χ1v) is 25.9. The van der Waals surface area contributed by atoms with Crippen molar-refractivity contribution in [3.63, 3.8) is 0 Å². The lowest BCUT2D eigenvalue weighted by atomic mass is 10.0. The van der Waals surface area contributed by atoms with E-state index in [0.717, 1.165) is 71.8 Å². The van der Waals surface area contributed by atoms with E-state index in [9.17, 15) is 28.1 Å². The molecule has 2 aromatic carbocycles. The molecule has 20 nitrogen and oxygen atoms in total. The fraction of sp³-hybridized carbons (Fsp3) is 0.512. The standard InChI is InChI=1S/C15H15ClFN3O3S2.C15H22ClNO2.C8H14ClN5.C3H8NO5P/c1-23-13(21)8-24-12-7-11(10(17)6-9(12)16)18-14-19-4-2-3-5-20(19)15(22)25-14;1-5-13-8-6-7-11(2)15(13)17(14(18)9-16)12(3)10-19-4;1-4-10-7-12-6(9)13-8(14-7)11-5(2)3;5-3(6)1-4-2-10(7,8)9/h6-7H,2-5,8H2,1H3;6-8,12H,5,9-10H2,1-4H3;5H,4H2,1-3H3,(H2,10,11,12,13,14);4H,1-2H2,(H,5,6)(H2,7,8,9). The number of nitrogens with one attached hydrogen (secondary N) is 3. The third kappa shape index (κ3) is 20.8. The highest BCUT2D eigenvalue weighted by atomic mass is 35.5. The van der Waals surface area contributed by atoms with E-state index < -0.39 is 38.2 Å². The first-order chi connectivity index (χ1) is 32.1. The zero-order valence-electron chi connectivity index (χ0n) is 38.9. The molecule has 4 aromatic rings. The van der Waals surface area contributed by atoms with Crippen molar-refractivity contribution >= 4 is 107 Å². The van der Waals surface area contributed by atoms with Gasteiger partial charge in [-0.15, -0.1) is 23.4 Å². The molecule has 0 saturated heterocycles. The minimum absolute atomic E-state index is 0.0223. The summed E-state index contributed by atoms with van der Waals surface area (Å²) in [4.78, 5) is 80.6. The van der Waals surface area contributed by atoms with E-state index in [-0.39, 0.29) is 50.5 Å². The predicted molar refractivity (Wildman–Crippen MR) is 266 cm³/mol. The van der Waals surface area contributed by atoms with Crippen LogP contribution in [0.1, 0.15) is 58.6 Å². The number of hydrogen-bond acceptors (Lipinski definition) is 16. The fourth-order valence-electron chi connectivity index (χ4n) is 5.97. The van der Waals surface area contributed by atoms with Gasteiger partial charge in [-0.05, 0) is 100 Å². The Bertz CT molecular complexity index is 2460. The maximum Gasteiger partial charge on any atom is 0.339 e. The summed E-state index contributed by atoms with van der Waals surface area (Å²) in [7, 11) is -1.16. The van der Waals surface area contributed by atoms with Crippen LogP contribution in [0.15, 0.2) is 45.0 Å². The van der Waals surface area contributed by atoms with Gasteiger partial charge in [0, 0.05) is 37.7 Å². The van der Waals surface area contributed by atoms with Crippen molar-refractivity contribution in [3.05, 3.63) is 72.1 Å². The summed E-state index contributed by atoms with van der Waals surface area (Å²) in [5.74, 6) is -1.19. The van der Waals surface area contributed by atoms with E-state index in [4.69, 9.17) is 54.4 Å². The number of amides is 1. The number of thioether (sulfide) groups is 1. The summed E-state index contributed by atoms with van der Waals surface area (Å²) in [6.45, 7) is 14.2. The van der Waals surface area contributed by atoms with E-state index in [0.29, 0.717) is 41.3 Å². The highest BCUT2D eigenvalue weighted by Gasteiger charge is 2.25. The number of anilines is 3. The van der Waals surface area contributed by atoms with Crippen LogP contribution in [-0.4, -0.2) is 121 Å². The van der Waals surface area contributed by atoms with E-state index in [1.54, 1.807) is 21.4 Å². The van der Waals surface area contributed by atoms with Crippen molar-refractivity contribution in [2.75, 3.05) is 67.4 Å². The van der Waals surface area contributed by atoms with Gasteiger partial charge in [0.25, 0.3) is 0 Å². The number of para-hydroxylation sites is 1. The summed E-state index contributed by atoms with van der Waals surface area (Å²) in [6.07, 6.45) is 2.18. The minimum atomic E-state index is -4.10. The van der Waals surface area contributed by atoms with Gasteiger partial charge < -0.3 is 39.9 Å². The van der Waals surface area contributed by atoms with Crippen molar-refractivity contribution in [2.24, 2.45) is 4.99 Å². The predicted octanol–water partition coefficient (Wildman–Crippen LogP) is 6.53. The lowest BCUT2D eigenvalue weighted by Gasteiger charge is -2.31. The van der Waals surface area contributed by atoms with Crippen molar-refractivity contribution in [3.8, 4) is 0 Å². The molecule has 1 atom stereocenters. The van der Waals surface area contributed by atoms with Gasteiger partial charge in [0.15, 0.2) is 0 Å². The number of esters is 1. The largest absolute Gasteiger partial charge is 0.480 e. The molecule has 0 radical (unpaired) electrons. The van der Waals surface area contributed by atoms with Crippen LogP contribution in [0.2, 0.25) is 10.3 Å². The van der Waals surface area contributed by atoms with Crippen molar-refractivity contribution < 1.29 is 47.7 Å². The first-order valence-electron chi connectivity index (χ1n) is 21.0. The zero-order valence-corrected chi connectivity index (χ0v) is 43.7. The molecule has 1 aliphatic rings. The molecule has 0 bridgehead atoms. The molecule has 1 amide bonds. The number of halogens is 4. The molecule has 0 spiro atoms. The number of aromatic nitrogens is 5. The summed E-state index contributed by atoms with van der Waals surface area (Å²) >= 11 is 19.7. The van der Waals surface area contributed by atoms with Crippen LogP contribution in [-0.2, 0) is 47.9 Å². The van der Waals surface area contributed by atoms with Gasteiger partial charge in [-0.1, -0.05) is 36.7 Å². The van der Waals surface area contributed by atoms with Crippen molar-refractivity contribution in [1.82, 2.24) is 29.6 Å². The van der Waals surface area contributed by atoms with Crippen molar-refractivity contribution in [2.45, 2.75) is 90.9 Å².